The standard InChI is InChI=1S/C18H31NO4/c1-2-16(23-15-8-4-3-5-9-15)18(22)19-12-6-7-14(13-19)10-11-17(20)21/h14-16H,2-13H2,1H3,(H,20,21)/t14-,16-/m1/s1. The van der Waals surface area contributed by atoms with Crippen LogP contribution >= 0.6 is 0 Å². The molecule has 5 heteroatoms. The minimum Gasteiger partial charge on any atom is -0.481 e. The van der Waals surface area contributed by atoms with Gasteiger partial charge in [-0.05, 0) is 44.4 Å². The second-order valence-electron chi connectivity index (χ2n) is 7.02. The lowest BCUT2D eigenvalue weighted by Gasteiger charge is -2.36. The van der Waals surface area contributed by atoms with Gasteiger partial charge >= 0.3 is 5.97 Å². The van der Waals surface area contributed by atoms with Crippen molar-refractivity contribution in [2.75, 3.05) is 13.1 Å². The van der Waals surface area contributed by atoms with Gasteiger partial charge in [-0.15, -0.1) is 0 Å². The molecule has 1 aliphatic carbocycles. The number of hydrogen-bond acceptors (Lipinski definition) is 3. The Morgan fingerprint density at radius 2 is 1.91 bits per heavy atom. The number of aliphatic carboxylic acids is 1. The number of amides is 1. The van der Waals surface area contributed by atoms with Crippen molar-refractivity contribution in [2.24, 2.45) is 5.92 Å². The molecule has 132 valence electrons. The molecule has 2 atom stereocenters. The number of ether oxygens (including phenoxy) is 1. The fraction of sp³-hybridized carbons (Fsp3) is 0.889. The fourth-order valence-corrected chi connectivity index (χ4v) is 3.79. The Kier molecular flexibility index (Phi) is 7.34. The molecule has 23 heavy (non-hydrogen) atoms. The van der Waals surface area contributed by atoms with Crippen LogP contribution in [0.1, 0.15) is 71.1 Å². The molecule has 0 unspecified atom stereocenters. The zero-order chi connectivity index (χ0) is 16.7. The van der Waals surface area contributed by atoms with Crippen molar-refractivity contribution < 1.29 is 19.4 Å². The predicted molar refractivity (Wildman–Crippen MR) is 88.2 cm³/mol. The summed E-state index contributed by atoms with van der Waals surface area (Å²) in [5.41, 5.74) is 0. The number of carboxylic acid groups (broad SMARTS) is 1. The van der Waals surface area contributed by atoms with E-state index in [1.807, 2.05) is 11.8 Å². The number of hydrogen-bond donors (Lipinski definition) is 1. The Labute approximate surface area is 139 Å². The zero-order valence-corrected chi connectivity index (χ0v) is 14.3. The van der Waals surface area contributed by atoms with Gasteiger partial charge in [0.1, 0.15) is 6.10 Å². The molecular formula is C18H31NO4. The van der Waals surface area contributed by atoms with Crippen LogP contribution < -0.4 is 0 Å². The largest absolute Gasteiger partial charge is 0.481 e. The van der Waals surface area contributed by atoms with Gasteiger partial charge in [-0.25, -0.2) is 0 Å². The first kappa shape index (κ1) is 18.2. The Morgan fingerprint density at radius 3 is 2.57 bits per heavy atom. The third kappa shape index (κ3) is 5.79. The van der Waals surface area contributed by atoms with E-state index >= 15 is 0 Å². The van der Waals surface area contributed by atoms with E-state index in [-0.39, 0.29) is 24.5 Å². The van der Waals surface area contributed by atoms with E-state index in [4.69, 9.17) is 9.84 Å². The van der Waals surface area contributed by atoms with E-state index in [1.165, 1.54) is 19.3 Å². The normalized spacial score (nSPS) is 24.4. The molecule has 1 N–H and O–H groups in total. The summed E-state index contributed by atoms with van der Waals surface area (Å²) in [5, 5.41) is 8.83. The summed E-state index contributed by atoms with van der Waals surface area (Å²) in [6, 6.07) is 0. The van der Waals surface area contributed by atoms with Crippen LogP contribution in [0.4, 0.5) is 0 Å². The third-order valence-corrected chi connectivity index (χ3v) is 5.15. The Hall–Kier alpha value is -1.10. The second-order valence-corrected chi connectivity index (χ2v) is 7.02. The van der Waals surface area contributed by atoms with Gasteiger partial charge in [-0.1, -0.05) is 26.2 Å². The van der Waals surface area contributed by atoms with Gasteiger partial charge in [-0.2, -0.15) is 0 Å². The van der Waals surface area contributed by atoms with Gasteiger partial charge in [0, 0.05) is 19.5 Å². The molecule has 1 amide bonds. The fourth-order valence-electron chi connectivity index (χ4n) is 3.79. The first-order valence-electron chi connectivity index (χ1n) is 9.26. The molecule has 2 aliphatic rings. The monoisotopic (exact) mass is 325 g/mol. The molecule has 0 aromatic heterocycles. The lowest BCUT2D eigenvalue weighted by molar-refractivity contribution is -0.151. The van der Waals surface area contributed by atoms with Crippen molar-refractivity contribution in [3.8, 4) is 0 Å². The highest BCUT2D eigenvalue weighted by atomic mass is 16.5. The van der Waals surface area contributed by atoms with Crippen LogP contribution in [0.25, 0.3) is 0 Å². The van der Waals surface area contributed by atoms with Gasteiger partial charge in [0.2, 0.25) is 0 Å². The summed E-state index contributed by atoms with van der Waals surface area (Å²) in [6.07, 6.45) is 9.33. The van der Waals surface area contributed by atoms with Crippen LogP contribution in [0.15, 0.2) is 0 Å². The van der Waals surface area contributed by atoms with Crippen LogP contribution in [-0.2, 0) is 14.3 Å². The highest BCUT2D eigenvalue weighted by Crippen LogP contribution is 2.25. The highest BCUT2D eigenvalue weighted by Gasteiger charge is 2.30. The topological polar surface area (TPSA) is 66.8 Å². The third-order valence-electron chi connectivity index (χ3n) is 5.15. The SMILES string of the molecule is CC[C@@H](OC1CCCCC1)C(=O)N1CCC[C@H](CCC(=O)O)C1. The summed E-state index contributed by atoms with van der Waals surface area (Å²) in [7, 11) is 0. The molecule has 0 radical (unpaired) electrons. The van der Waals surface area contributed by atoms with E-state index in [1.54, 1.807) is 0 Å². The summed E-state index contributed by atoms with van der Waals surface area (Å²) in [4.78, 5) is 25.4. The Morgan fingerprint density at radius 1 is 1.17 bits per heavy atom. The average Bonchev–Trinajstić information content (AvgIpc) is 2.58. The summed E-state index contributed by atoms with van der Waals surface area (Å²) in [5.74, 6) is -0.324. The molecule has 1 aliphatic heterocycles. The summed E-state index contributed by atoms with van der Waals surface area (Å²) >= 11 is 0. The number of carboxylic acids is 1. The predicted octanol–water partition coefficient (Wildman–Crippen LogP) is 3.22. The van der Waals surface area contributed by atoms with Crippen LogP contribution in [0.2, 0.25) is 0 Å². The first-order valence-corrected chi connectivity index (χ1v) is 9.26. The quantitative estimate of drug-likeness (QED) is 0.780. The maximum absolute atomic E-state index is 12.8. The van der Waals surface area contributed by atoms with E-state index in [2.05, 4.69) is 0 Å². The molecule has 5 nitrogen and oxygen atoms in total. The number of nitrogens with zero attached hydrogens (tertiary/aromatic N) is 1. The van der Waals surface area contributed by atoms with Gasteiger partial charge in [0.25, 0.3) is 5.91 Å². The van der Waals surface area contributed by atoms with E-state index in [9.17, 15) is 9.59 Å². The highest BCUT2D eigenvalue weighted by molar-refractivity contribution is 5.81. The van der Waals surface area contributed by atoms with Crippen molar-refractivity contribution in [3.05, 3.63) is 0 Å². The van der Waals surface area contributed by atoms with Crippen LogP contribution in [0.5, 0.6) is 0 Å². The number of likely N-dealkylation sites (tertiary alicyclic amines) is 1. The smallest absolute Gasteiger partial charge is 0.303 e. The molecule has 2 rings (SSSR count). The van der Waals surface area contributed by atoms with Gasteiger partial charge in [0.15, 0.2) is 0 Å². The van der Waals surface area contributed by atoms with Gasteiger partial charge in [-0.3, -0.25) is 9.59 Å². The lowest BCUT2D eigenvalue weighted by atomic mass is 9.93. The molecule has 1 heterocycles. The molecule has 0 aromatic rings. The number of carbonyl (C=O) groups excluding carboxylic acids is 1. The maximum Gasteiger partial charge on any atom is 0.303 e. The molecule has 0 aromatic carbocycles. The Bertz CT molecular complexity index is 392. The van der Waals surface area contributed by atoms with Crippen LogP contribution in [0, 0.1) is 5.92 Å². The second kappa shape index (κ2) is 9.26. The summed E-state index contributed by atoms with van der Waals surface area (Å²) in [6.45, 7) is 3.49. The number of rotatable bonds is 7. The number of piperidine rings is 1. The van der Waals surface area contributed by atoms with Gasteiger partial charge in [0.05, 0.1) is 6.10 Å². The van der Waals surface area contributed by atoms with Crippen molar-refractivity contribution in [1.29, 1.82) is 0 Å². The average molecular weight is 325 g/mol. The van der Waals surface area contributed by atoms with Crippen molar-refractivity contribution >= 4 is 11.9 Å². The molecule has 0 spiro atoms. The number of carbonyl (C=O) groups is 2. The van der Waals surface area contributed by atoms with Crippen LogP contribution in [-0.4, -0.2) is 47.2 Å². The van der Waals surface area contributed by atoms with Crippen molar-refractivity contribution in [2.45, 2.75) is 83.3 Å². The van der Waals surface area contributed by atoms with Gasteiger partial charge < -0.3 is 14.7 Å². The minimum atomic E-state index is -0.750. The van der Waals surface area contributed by atoms with E-state index < -0.39 is 5.97 Å². The molecular weight excluding hydrogens is 294 g/mol. The molecule has 0 bridgehead atoms. The minimum absolute atomic E-state index is 0.109. The van der Waals surface area contributed by atoms with Crippen molar-refractivity contribution in [3.63, 3.8) is 0 Å². The summed E-state index contributed by atoms with van der Waals surface area (Å²) < 4.78 is 6.10. The van der Waals surface area contributed by atoms with Crippen LogP contribution in [0.3, 0.4) is 0 Å². The lowest BCUT2D eigenvalue weighted by Crippen LogP contribution is -2.46. The van der Waals surface area contributed by atoms with Crippen molar-refractivity contribution in [1.82, 2.24) is 4.90 Å². The molecule has 2 fully saturated rings. The first-order chi connectivity index (χ1) is 11.1. The Balaban J connectivity index is 1.84. The van der Waals surface area contributed by atoms with E-state index in [0.717, 1.165) is 32.2 Å². The maximum atomic E-state index is 12.8. The zero-order valence-electron chi connectivity index (χ0n) is 14.3. The molecule has 1 saturated carbocycles. The molecule has 1 saturated heterocycles. The van der Waals surface area contributed by atoms with E-state index in [0.29, 0.717) is 25.3 Å².